The van der Waals surface area contributed by atoms with Gasteiger partial charge in [0.2, 0.25) is 0 Å². The van der Waals surface area contributed by atoms with Gasteiger partial charge in [0, 0.05) is 22.0 Å². The minimum Gasteiger partial charge on any atom is -0.363 e. The second kappa shape index (κ2) is 7.18. The van der Waals surface area contributed by atoms with E-state index >= 15 is 0 Å². The zero-order valence-corrected chi connectivity index (χ0v) is 16.5. The SMILES string of the molecule is C[C@@H](Nc1nc2c(-c3cccc(Cl)c3)nnn2c2ccccc12)c1ccccc1. The Kier molecular flexibility index (Phi) is 4.37. The van der Waals surface area contributed by atoms with Gasteiger partial charge in [-0.1, -0.05) is 71.4 Å². The maximum atomic E-state index is 6.19. The molecule has 0 aliphatic rings. The van der Waals surface area contributed by atoms with E-state index in [2.05, 4.69) is 34.7 Å². The van der Waals surface area contributed by atoms with Gasteiger partial charge in [0.1, 0.15) is 11.5 Å². The van der Waals surface area contributed by atoms with Crippen LogP contribution in [0, 0.1) is 0 Å². The van der Waals surface area contributed by atoms with Gasteiger partial charge in [-0.3, -0.25) is 0 Å². The first-order valence-electron chi connectivity index (χ1n) is 9.42. The van der Waals surface area contributed by atoms with Gasteiger partial charge in [-0.15, -0.1) is 5.10 Å². The molecule has 0 aliphatic heterocycles. The van der Waals surface area contributed by atoms with Crippen molar-refractivity contribution in [3.05, 3.63) is 89.4 Å². The van der Waals surface area contributed by atoms with Crippen LogP contribution in [-0.4, -0.2) is 19.8 Å². The number of nitrogens with zero attached hydrogens (tertiary/aromatic N) is 4. The Morgan fingerprint density at radius 1 is 0.931 bits per heavy atom. The zero-order valence-electron chi connectivity index (χ0n) is 15.7. The summed E-state index contributed by atoms with van der Waals surface area (Å²) in [4.78, 5) is 4.92. The molecule has 0 fully saturated rings. The van der Waals surface area contributed by atoms with Crippen LogP contribution in [0.5, 0.6) is 0 Å². The molecule has 0 aliphatic carbocycles. The van der Waals surface area contributed by atoms with Gasteiger partial charge in [0.05, 0.1) is 5.52 Å². The minimum absolute atomic E-state index is 0.0973. The summed E-state index contributed by atoms with van der Waals surface area (Å²) in [6.45, 7) is 2.13. The summed E-state index contributed by atoms with van der Waals surface area (Å²) in [5, 5.41) is 14.0. The van der Waals surface area contributed by atoms with Crippen LogP contribution < -0.4 is 5.32 Å². The van der Waals surface area contributed by atoms with Crippen molar-refractivity contribution in [1.82, 2.24) is 19.8 Å². The van der Waals surface area contributed by atoms with E-state index in [0.29, 0.717) is 16.4 Å². The summed E-state index contributed by atoms with van der Waals surface area (Å²) in [7, 11) is 0. The van der Waals surface area contributed by atoms with Crippen molar-refractivity contribution in [2.24, 2.45) is 0 Å². The molecule has 2 aromatic heterocycles. The Balaban J connectivity index is 1.69. The van der Waals surface area contributed by atoms with Gasteiger partial charge in [0.25, 0.3) is 0 Å². The fourth-order valence-corrected chi connectivity index (χ4v) is 3.72. The molecule has 142 valence electrons. The fourth-order valence-electron chi connectivity index (χ4n) is 3.53. The Hall–Kier alpha value is -3.44. The molecule has 5 nitrogen and oxygen atoms in total. The molecule has 1 N–H and O–H groups in total. The first kappa shape index (κ1) is 17.6. The highest BCUT2D eigenvalue weighted by Crippen LogP contribution is 2.30. The topological polar surface area (TPSA) is 55.1 Å². The second-order valence-electron chi connectivity index (χ2n) is 6.94. The van der Waals surface area contributed by atoms with Crippen molar-refractivity contribution in [3.63, 3.8) is 0 Å². The number of hydrogen-bond donors (Lipinski definition) is 1. The molecule has 2 heterocycles. The molecule has 3 aromatic carbocycles. The first-order valence-corrected chi connectivity index (χ1v) is 9.80. The Morgan fingerprint density at radius 3 is 2.55 bits per heavy atom. The summed E-state index contributed by atoms with van der Waals surface area (Å²) in [6, 6.07) is 26.1. The van der Waals surface area contributed by atoms with Crippen LogP contribution in [-0.2, 0) is 0 Å². The Bertz CT molecular complexity index is 1310. The highest BCUT2D eigenvalue weighted by molar-refractivity contribution is 6.30. The number of anilines is 1. The lowest BCUT2D eigenvalue weighted by Crippen LogP contribution is -2.09. The third-order valence-electron chi connectivity index (χ3n) is 5.00. The standard InChI is InChI=1S/C23H18ClN5/c1-15(16-8-3-2-4-9-16)25-22-19-12-5-6-13-20(19)29-23(26-22)21(27-28-29)17-10-7-11-18(24)14-17/h2-15H,1H3,(H,25,26)/t15-/m1/s1. The van der Waals surface area contributed by atoms with E-state index in [0.717, 1.165) is 22.3 Å². The summed E-state index contributed by atoms with van der Waals surface area (Å²) >= 11 is 6.19. The van der Waals surface area contributed by atoms with E-state index < -0.39 is 0 Å². The van der Waals surface area contributed by atoms with Crippen molar-refractivity contribution in [3.8, 4) is 11.3 Å². The summed E-state index contributed by atoms with van der Waals surface area (Å²) in [5.41, 5.74) is 4.42. The lowest BCUT2D eigenvalue weighted by molar-refractivity contribution is 0.862. The Morgan fingerprint density at radius 2 is 1.72 bits per heavy atom. The lowest BCUT2D eigenvalue weighted by atomic mass is 10.1. The smallest absolute Gasteiger partial charge is 0.186 e. The number of nitrogens with one attached hydrogen (secondary N) is 1. The van der Waals surface area contributed by atoms with Crippen LogP contribution in [0.15, 0.2) is 78.9 Å². The average molecular weight is 400 g/mol. The molecule has 29 heavy (non-hydrogen) atoms. The fraction of sp³-hybridized carbons (Fsp3) is 0.0870. The minimum atomic E-state index is 0.0973. The number of rotatable bonds is 4. The summed E-state index contributed by atoms with van der Waals surface area (Å²) in [5.74, 6) is 0.801. The quantitative estimate of drug-likeness (QED) is 0.416. The van der Waals surface area contributed by atoms with Crippen LogP contribution in [0.1, 0.15) is 18.5 Å². The number of aromatic nitrogens is 4. The van der Waals surface area contributed by atoms with Gasteiger partial charge in [-0.05, 0) is 36.8 Å². The molecular weight excluding hydrogens is 382 g/mol. The molecular formula is C23H18ClN5. The average Bonchev–Trinajstić information content (AvgIpc) is 3.18. The Labute approximate surface area is 173 Å². The molecule has 0 unspecified atom stereocenters. The van der Waals surface area contributed by atoms with Crippen molar-refractivity contribution in [1.29, 1.82) is 0 Å². The third-order valence-corrected chi connectivity index (χ3v) is 5.24. The zero-order chi connectivity index (χ0) is 19.8. The second-order valence-corrected chi connectivity index (χ2v) is 7.37. The number of halogens is 1. The van der Waals surface area contributed by atoms with E-state index in [-0.39, 0.29) is 6.04 Å². The lowest BCUT2D eigenvalue weighted by Gasteiger charge is -2.17. The highest BCUT2D eigenvalue weighted by Gasteiger charge is 2.17. The van der Waals surface area contributed by atoms with Gasteiger partial charge in [-0.25, -0.2) is 4.98 Å². The maximum absolute atomic E-state index is 6.19. The molecule has 0 saturated heterocycles. The number of para-hydroxylation sites is 1. The third kappa shape index (κ3) is 3.19. The van der Waals surface area contributed by atoms with Crippen LogP contribution in [0.4, 0.5) is 5.82 Å². The van der Waals surface area contributed by atoms with Gasteiger partial charge in [-0.2, -0.15) is 4.52 Å². The van der Waals surface area contributed by atoms with Crippen molar-refractivity contribution < 1.29 is 0 Å². The summed E-state index contributed by atoms with van der Waals surface area (Å²) < 4.78 is 1.78. The van der Waals surface area contributed by atoms with Crippen molar-refractivity contribution >= 4 is 34.0 Å². The maximum Gasteiger partial charge on any atom is 0.186 e. The van der Waals surface area contributed by atoms with Crippen molar-refractivity contribution in [2.75, 3.05) is 5.32 Å². The largest absolute Gasteiger partial charge is 0.363 e. The van der Waals surface area contributed by atoms with E-state index in [1.807, 2.05) is 66.7 Å². The van der Waals surface area contributed by atoms with E-state index in [1.54, 1.807) is 4.52 Å². The molecule has 6 heteroatoms. The van der Waals surface area contributed by atoms with E-state index in [9.17, 15) is 0 Å². The highest BCUT2D eigenvalue weighted by atomic mass is 35.5. The predicted octanol–water partition coefficient (Wildman–Crippen LogP) is 5.77. The van der Waals surface area contributed by atoms with Crippen molar-refractivity contribution in [2.45, 2.75) is 13.0 Å². The van der Waals surface area contributed by atoms with Crippen LogP contribution in [0.3, 0.4) is 0 Å². The number of fused-ring (bicyclic) bond motifs is 3. The number of benzene rings is 3. The molecule has 5 rings (SSSR count). The van der Waals surface area contributed by atoms with E-state index in [4.69, 9.17) is 16.6 Å². The monoisotopic (exact) mass is 399 g/mol. The molecule has 0 bridgehead atoms. The number of hydrogen-bond acceptors (Lipinski definition) is 4. The molecule has 0 amide bonds. The molecule has 0 radical (unpaired) electrons. The van der Waals surface area contributed by atoms with Crippen LogP contribution in [0.2, 0.25) is 5.02 Å². The van der Waals surface area contributed by atoms with Gasteiger partial charge >= 0.3 is 0 Å². The van der Waals surface area contributed by atoms with Crippen LogP contribution in [0.25, 0.3) is 27.8 Å². The molecule has 0 spiro atoms. The molecule has 5 aromatic rings. The normalized spacial score (nSPS) is 12.3. The predicted molar refractivity (Wildman–Crippen MR) is 117 cm³/mol. The first-order chi connectivity index (χ1) is 14.2. The molecule has 0 saturated carbocycles. The van der Waals surface area contributed by atoms with Gasteiger partial charge < -0.3 is 5.32 Å². The van der Waals surface area contributed by atoms with E-state index in [1.165, 1.54) is 5.56 Å². The van der Waals surface area contributed by atoms with Gasteiger partial charge in [0.15, 0.2) is 5.65 Å². The summed E-state index contributed by atoms with van der Waals surface area (Å²) in [6.07, 6.45) is 0. The molecule has 1 atom stereocenters. The van der Waals surface area contributed by atoms with Crippen LogP contribution >= 0.6 is 11.6 Å².